The van der Waals surface area contributed by atoms with Crippen molar-refractivity contribution in [1.29, 1.82) is 0 Å². The van der Waals surface area contributed by atoms with Crippen molar-refractivity contribution in [1.82, 2.24) is 15.5 Å². The molecular formula is C22H22N4O4. The van der Waals surface area contributed by atoms with Gasteiger partial charge in [-0.1, -0.05) is 60.5 Å². The quantitative estimate of drug-likeness (QED) is 0.464. The Morgan fingerprint density at radius 3 is 2.67 bits per heavy atom. The third-order valence-corrected chi connectivity index (χ3v) is 5.38. The van der Waals surface area contributed by atoms with Crippen molar-refractivity contribution < 1.29 is 14.2 Å². The molecule has 1 aromatic heterocycles. The normalized spacial score (nSPS) is 15.1. The highest BCUT2D eigenvalue weighted by Crippen LogP contribution is 2.28. The van der Waals surface area contributed by atoms with Crippen molar-refractivity contribution in [2.24, 2.45) is 5.92 Å². The minimum absolute atomic E-state index is 0.00327. The molecule has 1 aliphatic rings. The van der Waals surface area contributed by atoms with Crippen molar-refractivity contribution in [3.8, 4) is 11.4 Å². The number of benzene rings is 2. The number of nitrogens with one attached hydrogen (secondary N) is 1. The van der Waals surface area contributed by atoms with Crippen LogP contribution in [0.5, 0.6) is 0 Å². The topological polar surface area (TPSA) is 111 Å². The lowest BCUT2D eigenvalue weighted by atomic mass is 10.0. The Bertz CT molecular complexity index is 1030. The maximum Gasteiger partial charge on any atom is 0.270 e. The van der Waals surface area contributed by atoms with E-state index in [4.69, 9.17) is 4.52 Å². The van der Waals surface area contributed by atoms with Gasteiger partial charge in [0.2, 0.25) is 17.6 Å². The Kier molecular flexibility index (Phi) is 5.83. The van der Waals surface area contributed by atoms with Crippen LogP contribution in [0.25, 0.3) is 11.4 Å². The molecule has 3 aromatic rings. The van der Waals surface area contributed by atoms with Gasteiger partial charge in [0.05, 0.1) is 4.92 Å². The molecule has 30 heavy (non-hydrogen) atoms. The van der Waals surface area contributed by atoms with Gasteiger partial charge >= 0.3 is 0 Å². The number of nitro benzene ring substituents is 1. The summed E-state index contributed by atoms with van der Waals surface area (Å²) in [7, 11) is 0. The number of aromatic nitrogens is 2. The van der Waals surface area contributed by atoms with Crippen molar-refractivity contribution >= 4 is 11.6 Å². The molecule has 4 rings (SSSR count). The van der Waals surface area contributed by atoms with E-state index in [0.29, 0.717) is 12.0 Å². The molecule has 1 atom stereocenters. The first-order valence-electron chi connectivity index (χ1n) is 10.0. The molecule has 8 nitrogen and oxygen atoms in total. The Balaban J connectivity index is 1.59. The Morgan fingerprint density at radius 2 is 1.93 bits per heavy atom. The van der Waals surface area contributed by atoms with Crippen molar-refractivity contribution in [3.05, 3.63) is 76.2 Å². The van der Waals surface area contributed by atoms with Gasteiger partial charge in [-0.05, 0) is 18.4 Å². The number of amides is 1. The minimum atomic E-state index is -0.472. The average Bonchev–Trinajstić information content (AvgIpc) is 3.46. The summed E-state index contributed by atoms with van der Waals surface area (Å²) in [6.45, 7) is 0. The van der Waals surface area contributed by atoms with E-state index in [0.717, 1.165) is 31.2 Å². The largest absolute Gasteiger partial charge is 0.344 e. The van der Waals surface area contributed by atoms with Gasteiger partial charge in [-0.3, -0.25) is 14.9 Å². The monoisotopic (exact) mass is 406 g/mol. The lowest BCUT2D eigenvalue weighted by Gasteiger charge is -2.18. The maximum absolute atomic E-state index is 12.7. The van der Waals surface area contributed by atoms with Crippen LogP contribution in [-0.4, -0.2) is 21.0 Å². The van der Waals surface area contributed by atoms with Crippen LogP contribution in [0.3, 0.4) is 0 Å². The van der Waals surface area contributed by atoms with Crippen LogP contribution in [0, 0.1) is 16.0 Å². The van der Waals surface area contributed by atoms with Gasteiger partial charge in [0.15, 0.2) is 0 Å². The standard InChI is InChI=1S/C22H22N4O4/c27-21(16-9-4-5-10-16)23-19(13-15-7-2-1-3-8-15)22-24-20(25-30-22)17-11-6-12-18(14-17)26(28)29/h1-3,6-8,11-12,14,16,19H,4-5,9-10,13H2,(H,23,27). The van der Waals surface area contributed by atoms with Crippen LogP contribution in [-0.2, 0) is 11.2 Å². The highest BCUT2D eigenvalue weighted by molar-refractivity contribution is 5.79. The predicted octanol–water partition coefficient (Wildman–Crippen LogP) is 4.24. The molecule has 1 aliphatic carbocycles. The minimum Gasteiger partial charge on any atom is -0.344 e. The third kappa shape index (κ3) is 4.53. The second-order valence-corrected chi connectivity index (χ2v) is 7.50. The van der Waals surface area contributed by atoms with Crippen molar-refractivity contribution in [2.75, 3.05) is 0 Å². The van der Waals surface area contributed by atoms with Crippen LogP contribution in [0.1, 0.15) is 43.2 Å². The molecule has 1 saturated carbocycles. The van der Waals surface area contributed by atoms with Crippen LogP contribution < -0.4 is 5.32 Å². The number of hydrogen-bond acceptors (Lipinski definition) is 6. The van der Waals surface area contributed by atoms with E-state index in [9.17, 15) is 14.9 Å². The van der Waals surface area contributed by atoms with Gasteiger partial charge in [-0.15, -0.1) is 0 Å². The van der Waals surface area contributed by atoms with Crippen molar-refractivity contribution in [2.45, 2.75) is 38.1 Å². The Morgan fingerprint density at radius 1 is 1.17 bits per heavy atom. The molecule has 2 aromatic carbocycles. The average molecular weight is 406 g/mol. The van der Waals surface area contributed by atoms with Gasteiger partial charge in [0.1, 0.15) is 6.04 Å². The molecule has 0 bridgehead atoms. The summed E-state index contributed by atoms with van der Waals surface area (Å²) >= 11 is 0. The summed E-state index contributed by atoms with van der Waals surface area (Å²) in [5, 5.41) is 18.1. The fourth-order valence-electron chi connectivity index (χ4n) is 3.78. The van der Waals surface area contributed by atoms with Crippen molar-refractivity contribution in [3.63, 3.8) is 0 Å². The molecule has 0 radical (unpaired) electrons. The van der Waals surface area contributed by atoms with Crippen LogP contribution in [0.4, 0.5) is 5.69 Å². The van der Waals surface area contributed by atoms with Gasteiger partial charge in [0, 0.05) is 30.0 Å². The molecule has 154 valence electrons. The molecule has 0 spiro atoms. The van der Waals surface area contributed by atoms with Gasteiger partial charge in [-0.2, -0.15) is 4.98 Å². The summed E-state index contributed by atoms with van der Waals surface area (Å²) in [4.78, 5) is 27.8. The summed E-state index contributed by atoms with van der Waals surface area (Å²) in [6.07, 6.45) is 4.44. The van der Waals surface area contributed by atoms with E-state index >= 15 is 0 Å². The first kappa shape index (κ1) is 19.8. The Hall–Kier alpha value is -3.55. The fraction of sp³-hybridized carbons (Fsp3) is 0.318. The lowest BCUT2D eigenvalue weighted by Crippen LogP contribution is -2.34. The SMILES string of the molecule is O=C(NC(Cc1ccccc1)c1nc(-c2cccc([N+](=O)[O-])c2)no1)C1CCCC1. The summed E-state index contributed by atoms with van der Waals surface area (Å²) in [6, 6.07) is 15.4. The number of carbonyl (C=O) groups excluding carboxylic acids is 1. The zero-order valence-electron chi connectivity index (χ0n) is 16.4. The molecule has 1 fully saturated rings. The second kappa shape index (κ2) is 8.86. The number of nitrogens with zero attached hydrogens (tertiary/aromatic N) is 3. The van der Waals surface area contributed by atoms with E-state index in [-0.39, 0.29) is 29.2 Å². The molecule has 1 heterocycles. The maximum atomic E-state index is 12.7. The first-order valence-corrected chi connectivity index (χ1v) is 10.0. The van der Waals surface area contributed by atoms with E-state index in [1.54, 1.807) is 12.1 Å². The molecule has 1 unspecified atom stereocenters. The molecular weight excluding hydrogens is 384 g/mol. The molecule has 0 saturated heterocycles. The highest BCUT2D eigenvalue weighted by atomic mass is 16.6. The third-order valence-electron chi connectivity index (χ3n) is 5.38. The first-order chi connectivity index (χ1) is 14.6. The number of nitro groups is 1. The smallest absolute Gasteiger partial charge is 0.270 e. The summed E-state index contributed by atoms with van der Waals surface area (Å²) in [5.74, 6) is 0.555. The van der Waals surface area contributed by atoms with Crippen LogP contribution in [0.2, 0.25) is 0 Å². The number of carbonyl (C=O) groups is 1. The van der Waals surface area contributed by atoms with Crippen LogP contribution >= 0.6 is 0 Å². The van der Waals surface area contributed by atoms with E-state index in [2.05, 4.69) is 15.5 Å². The van der Waals surface area contributed by atoms with Gasteiger partial charge < -0.3 is 9.84 Å². The number of rotatable bonds is 7. The number of hydrogen-bond donors (Lipinski definition) is 1. The van der Waals surface area contributed by atoms with Crippen LogP contribution in [0.15, 0.2) is 59.1 Å². The molecule has 8 heteroatoms. The second-order valence-electron chi connectivity index (χ2n) is 7.50. The van der Waals surface area contributed by atoms with E-state index < -0.39 is 11.0 Å². The van der Waals surface area contributed by atoms with E-state index in [1.165, 1.54) is 12.1 Å². The molecule has 0 aliphatic heterocycles. The summed E-state index contributed by atoms with van der Waals surface area (Å²) < 4.78 is 5.47. The van der Waals surface area contributed by atoms with E-state index in [1.807, 2.05) is 30.3 Å². The predicted molar refractivity (Wildman–Crippen MR) is 109 cm³/mol. The Labute approximate surface area is 173 Å². The fourth-order valence-corrected chi connectivity index (χ4v) is 3.78. The van der Waals surface area contributed by atoms with Gasteiger partial charge in [-0.25, -0.2) is 0 Å². The molecule has 1 amide bonds. The zero-order chi connectivity index (χ0) is 20.9. The zero-order valence-corrected chi connectivity index (χ0v) is 16.4. The number of non-ortho nitro benzene ring substituents is 1. The lowest BCUT2D eigenvalue weighted by molar-refractivity contribution is -0.384. The highest BCUT2D eigenvalue weighted by Gasteiger charge is 2.28. The molecule has 1 N–H and O–H groups in total. The summed E-state index contributed by atoms with van der Waals surface area (Å²) in [5.41, 5.74) is 1.47. The van der Waals surface area contributed by atoms with Gasteiger partial charge in [0.25, 0.3) is 5.69 Å².